The zero-order chi connectivity index (χ0) is 9.84. The normalized spacial score (nSPS) is 9.92. The van der Waals surface area contributed by atoms with Crippen LogP contribution in [0.1, 0.15) is 6.42 Å². The maximum atomic E-state index is 11.3. The van der Waals surface area contributed by atoms with Crippen LogP contribution < -0.4 is 5.56 Å². The first-order valence-electron chi connectivity index (χ1n) is 3.68. The Morgan fingerprint density at radius 3 is 2.92 bits per heavy atom. The fourth-order valence-electron chi connectivity index (χ4n) is 0.900. The summed E-state index contributed by atoms with van der Waals surface area (Å²) in [6.07, 6.45) is 1.56. The molecule has 1 aromatic rings. The molecule has 1 heterocycles. The summed E-state index contributed by atoms with van der Waals surface area (Å²) < 4.78 is 2.00. The molecule has 0 aliphatic carbocycles. The molecule has 0 amide bonds. The second kappa shape index (κ2) is 4.40. The number of carbonyl (C=O) groups is 1. The topological polar surface area (TPSA) is 59.3 Å². The van der Waals surface area contributed by atoms with E-state index in [4.69, 9.17) is 5.11 Å². The third-order valence-electron chi connectivity index (χ3n) is 1.54. The Bertz CT molecular complexity index is 372. The maximum Gasteiger partial charge on any atom is 0.305 e. The molecule has 0 atom stereocenters. The summed E-state index contributed by atoms with van der Waals surface area (Å²) in [7, 11) is 0. The van der Waals surface area contributed by atoms with Gasteiger partial charge in [-0.3, -0.25) is 9.59 Å². The zero-order valence-corrected chi connectivity index (χ0v) is 8.89. The van der Waals surface area contributed by atoms with Gasteiger partial charge in [-0.1, -0.05) is 0 Å². The first-order chi connectivity index (χ1) is 6.11. The molecule has 70 valence electrons. The molecule has 0 saturated carbocycles. The molecule has 0 unspecified atom stereocenters. The number of aryl methyl sites for hydroxylation is 1. The monoisotopic (exact) mass is 293 g/mol. The van der Waals surface area contributed by atoms with Crippen LogP contribution in [-0.2, 0) is 11.3 Å². The Morgan fingerprint density at radius 2 is 2.31 bits per heavy atom. The van der Waals surface area contributed by atoms with Crippen molar-refractivity contribution in [3.63, 3.8) is 0 Å². The van der Waals surface area contributed by atoms with Crippen molar-refractivity contribution in [2.45, 2.75) is 13.0 Å². The Morgan fingerprint density at radius 1 is 1.62 bits per heavy atom. The average Bonchev–Trinajstić information content (AvgIpc) is 2.07. The molecule has 0 aliphatic rings. The first kappa shape index (κ1) is 10.2. The molecule has 1 aromatic heterocycles. The van der Waals surface area contributed by atoms with E-state index < -0.39 is 5.97 Å². The molecule has 0 fully saturated rings. The van der Waals surface area contributed by atoms with Gasteiger partial charge in [-0.25, -0.2) is 0 Å². The van der Waals surface area contributed by atoms with Crippen molar-refractivity contribution in [1.29, 1.82) is 0 Å². The largest absolute Gasteiger partial charge is 0.481 e. The number of pyridine rings is 1. The minimum atomic E-state index is -0.897. The highest BCUT2D eigenvalue weighted by Crippen LogP contribution is 1.96. The summed E-state index contributed by atoms with van der Waals surface area (Å²) >= 11 is 1.93. The van der Waals surface area contributed by atoms with E-state index in [0.717, 1.165) is 0 Å². The van der Waals surface area contributed by atoms with Gasteiger partial charge in [-0.2, -0.15) is 0 Å². The fraction of sp³-hybridized carbons (Fsp3) is 0.250. The second-order valence-electron chi connectivity index (χ2n) is 2.50. The van der Waals surface area contributed by atoms with Crippen molar-refractivity contribution in [2.75, 3.05) is 0 Å². The SMILES string of the molecule is O=C(O)CCn1cccc(I)c1=O. The lowest BCUT2D eigenvalue weighted by Crippen LogP contribution is -2.22. The molecular weight excluding hydrogens is 285 g/mol. The van der Waals surface area contributed by atoms with Crippen LogP contribution in [0.5, 0.6) is 0 Å². The predicted molar refractivity (Wildman–Crippen MR) is 55.7 cm³/mol. The van der Waals surface area contributed by atoms with E-state index in [0.29, 0.717) is 3.57 Å². The maximum absolute atomic E-state index is 11.3. The summed E-state index contributed by atoms with van der Waals surface area (Å²) in [4.78, 5) is 21.6. The van der Waals surface area contributed by atoms with Gasteiger partial charge < -0.3 is 9.67 Å². The lowest BCUT2D eigenvalue weighted by molar-refractivity contribution is -0.137. The number of aromatic nitrogens is 1. The first-order valence-corrected chi connectivity index (χ1v) is 4.76. The average molecular weight is 293 g/mol. The van der Waals surface area contributed by atoms with Crippen LogP contribution in [0.25, 0.3) is 0 Å². The minimum absolute atomic E-state index is 0.0278. The van der Waals surface area contributed by atoms with Crippen LogP contribution in [-0.4, -0.2) is 15.6 Å². The van der Waals surface area contributed by atoms with Crippen LogP contribution in [0.4, 0.5) is 0 Å². The van der Waals surface area contributed by atoms with Gasteiger partial charge in [0, 0.05) is 12.7 Å². The lowest BCUT2D eigenvalue weighted by Gasteiger charge is -2.02. The van der Waals surface area contributed by atoms with Crippen molar-refractivity contribution in [2.24, 2.45) is 0 Å². The number of hydrogen-bond donors (Lipinski definition) is 1. The summed E-state index contributed by atoms with van der Waals surface area (Å²) in [5.41, 5.74) is -0.135. The van der Waals surface area contributed by atoms with Crippen LogP contribution in [0.15, 0.2) is 23.1 Å². The molecule has 0 saturated heterocycles. The van der Waals surface area contributed by atoms with Gasteiger partial charge in [-0.15, -0.1) is 0 Å². The van der Waals surface area contributed by atoms with Gasteiger partial charge in [0.2, 0.25) is 0 Å². The Hall–Kier alpha value is -0.850. The van der Waals surface area contributed by atoms with Crippen molar-refractivity contribution >= 4 is 28.6 Å². The van der Waals surface area contributed by atoms with Crippen LogP contribution in [0.3, 0.4) is 0 Å². The van der Waals surface area contributed by atoms with Gasteiger partial charge in [0.1, 0.15) is 0 Å². The minimum Gasteiger partial charge on any atom is -0.481 e. The molecule has 0 bridgehead atoms. The van der Waals surface area contributed by atoms with Crippen molar-refractivity contribution in [3.8, 4) is 0 Å². The smallest absolute Gasteiger partial charge is 0.305 e. The van der Waals surface area contributed by atoms with Gasteiger partial charge in [0.25, 0.3) is 5.56 Å². The van der Waals surface area contributed by atoms with Crippen molar-refractivity contribution in [1.82, 2.24) is 4.57 Å². The number of carboxylic acid groups (broad SMARTS) is 1. The zero-order valence-electron chi connectivity index (χ0n) is 6.74. The van der Waals surface area contributed by atoms with E-state index in [1.54, 1.807) is 18.3 Å². The van der Waals surface area contributed by atoms with Gasteiger partial charge in [0.05, 0.1) is 9.99 Å². The van der Waals surface area contributed by atoms with Crippen LogP contribution in [0, 0.1) is 3.57 Å². The molecule has 0 spiro atoms. The van der Waals surface area contributed by atoms with E-state index in [2.05, 4.69) is 0 Å². The number of nitrogens with zero attached hydrogens (tertiary/aromatic N) is 1. The quantitative estimate of drug-likeness (QED) is 0.843. The van der Waals surface area contributed by atoms with Crippen molar-refractivity contribution in [3.05, 3.63) is 32.3 Å². The third kappa shape index (κ3) is 2.83. The molecule has 0 aromatic carbocycles. The highest BCUT2D eigenvalue weighted by molar-refractivity contribution is 14.1. The number of aliphatic carboxylic acids is 1. The second-order valence-corrected chi connectivity index (χ2v) is 3.66. The summed E-state index contributed by atoms with van der Waals surface area (Å²) in [5, 5.41) is 8.42. The van der Waals surface area contributed by atoms with Gasteiger partial charge in [0.15, 0.2) is 0 Å². The standard InChI is InChI=1S/C8H8INO3/c9-6-2-1-4-10(8(6)13)5-3-7(11)12/h1-2,4H,3,5H2,(H,11,12). The Kier molecular flexibility index (Phi) is 3.47. The molecule has 1 N–H and O–H groups in total. The highest BCUT2D eigenvalue weighted by Gasteiger charge is 2.01. The number of carboxylic acids is 1. The Labute approximate surface area is 88.3 Å². The van der Waals surface area contributed by atoms with E-state index in [1.807, 2.05) is 22.6 Å². The lowest BCUT2D eigenvalue weighted by atomic mass is 10.4. The molecular formula is C8H8INO3. The van der Waals surface area contributed by atoms with Crippen molar-refractivity contribution < 1.29 is 9.90 Å². The third-order valence-corrected chi connectivity index (χ3v) is 2.36. The molecule has 0 radical (unpaired) electrons. The van der Waals surface area contributed by atoms with E-state index in [9.17, 15) is 9.59 Å². The number of halogens is 1. The van der Waals surface area contributed by atoms with Gasteiger partial charge >= 0.3 is 5.97 Å². The highest BCUT2D eigenvalue weighted by atomic mass is 127. The number of rotatable bonds is 3. The summed E-state index contributed by atoms with van der Waals surface area (Å²) in [6, 6.07) is 3.42. The molecule has 13 heavy (non-hydrogen) atoms. The molecule has 5 heteroatoms. The van der Waals surface area contributed by atoms with Crippen LogP contribution >= 0.6 is 22.6 Å². The molecule has 0 aliphatic heterocycles. The Balaban J connectivity index is 2.84. The van der Waals surface area contributed by atoms with E-state index in [1.165, 1.54) is 4.57 Å². The van der Waals surface area contributed by atoms with Gasteiger partial charge in [-0.05, 0) is 34.7 Å². The summed E-state index contributed by atoms with van der Waals surface area (Å²) in [5.74, 6) is -0.897. The van der Waals surface area contributed by atoms with E-state index in [-0.39, 0.29) is 18.5 Å². The van der Waals surface area contributed by atoms with Crippen LogP contribution in [0.2, 0.25) is 0 Å². The molecule has 1 rings (SSSR count). The molecule has 4 nitrogen and oxygen atoms in total. The van der Waals surface area contributed by atoms with E-state index >= 15 is 0 Å². The summed E-state index contributed by atoms with van der Waals surface area (Å²) in [6.45, 7) is 0.227. The number of hydrogen-bond acceptors (Lipinski definition) is 2. The fourth-order valence-corrected chi connectivity index (χ4v) is 1.42. The predicted octanol–water partition coefficient (Wildman–Crippen LogP) is 0.928.